The molecule has 2 atom stereocenters. The highest BCUT2D eigenvalue weighted by Gasteiger charge is 2.31. The first kappa shape index (κ1) is 36.6. The third-order valence-electron chi connectivity index (χ3n) is 10.6. The van der Waals surface area contributed by atoms with Gasteiger partial charge in [0.1, 0.15) is 15.4 Å². The molecule has 5 aromatic carbocycles. The Labute approximate surface area is 307 Å². The van der Waals surface area contributed by atoms with Gasteiger partial charge in [0, 0.05) is 35.4 Å². The molecule has 0 saturated heterocycles. The van der Waals surface area contributed by atoms with Crippen LogP contribution in [-0.4, -0.2) is 33.8 Å². The van der Waals surface area contributed by atoms with Crippen LogP contribution in [0.4, 0.5) is 0 Å². The van der Waals surface area contributed by atoms with Crippen molar-refractivity contribution in [3.63, 3.8) is 0 Å². The van der Waals surface area contributed by atoms with Crippen LogP contribution in [0.2, 0.25) is 0 Å². The average Bonchev–Trinajstić information content (AvgIpc) is 3.56. The Bertz CT molecular complexity index is 2370. The molecule has 262 valence electrons. The van der Waals surface area contributed by atoms with Crippen LogP contribution >= 0.6 is 11.3 Å². The topological polar surface area (TPSA) is 52.6 Å². The molecular weight excluding hydrogens is 669 g/mol. The van der Waals surface area contributed by atoms with Gasteiger partial charge in [0.25, 0.3) is 0 Å². The lowest BCUT2D eigenvalue weighted by Gasteiger charge is -2.30. The van der Waals surface area contributed by atoms with E-state index in [-0.39, 0.29) is 16.7 Å². The van der Waals surface area contributed by atoms with Gasteiger partial charge < -0.3 is 9.47 Å². The van der Waals surface area contributed by atoms with Crippen LogP contribution < -0.4 is 0 Å². The first-order valence-corrected chi connectivity index (χ1v) is 20.0. The summed E-state index contributed by atoms with van der Waals surface area (Å²) in [6.07, 6.45) is 1.47. The highest BCUT2D eigenvalue weighted by molar-refractivity contribution is 7.93. The number of aryl methyl sites for hydroxylation is 1. The summed E-state index contributed by atoms with van der Waals surface area (Å²) in [4.78, 5) is 0.285. The number of ether oxygens (including phenoxy) is 2. The van der Waals surface area contributed by atoms with Crippen molar-refractivity contribution in [2.24, 2.45) is 11.8 Å². The molecule has 0 aliphatic carbocycles. The highest BCUT2D eigenvalue weighted by Crippen LogP contribution is 2.41. The predicted molar refractivity (Wildman–Crippen MR) is 214 cm³/mol. The Kier molecular flexibility index (Phi) is 10.1. The molecule has 1 aromatic heterocycles. The molecule has 0 aliphatic heterocycles. The standard InChI is InChI=1S/C45H46O4S2/c1-10-44(48-8,29(3)4)22-20-36-38-24-32-14-12-13-15-33(32)25-39(38)37(21-23-45(11-2,49-9)30(5)6)41-28-42-34(26-40(36)41)27-43(50-42)51(46,47)35-18-16-31(7)17-19-35/h12-19,24-30H,10-11H2,1-9H3. The summed E-state index contributed by atoms with van der Waals surface area (Å²) in [7, 11) is -0.259. The van der Waals surface area contributed by atoms with E-state index in [1.54, 1.807) is 32.4 Å². The predicted octanol–water partition coefficient (Wildman–Crippen LogP) is 11.1. The van der Waals surface area contributed by atoms with Gasteiger partial charge in [0.05, 0.1) is 4.90 Å². The zero-order valence-corrected chi connectivity index (χ0v) is 32.7. The maximum atomic E-state index is 13.9. The van der Waals surface area contributed by atoms with Gasteiger partial charge in [0.2, 0.25) is 9.84 Å². The van der Waals surface area contributed by atoms with Crippen LogP contribution in [0.3, 0.4) is 0 Å². The first-order chi connectivity index (χ1) is 24.3. The molecule has 0 aliphatic rings. The van der Waals surface area contributed by atoms with Crippen LogP contribution in [-0.2, 0) is 19.3 Å². The van der Waals surface area contributed by atoms with E-state index < -0.39 is 21.0 Å². The summed E-state index contributed by atoms with van der Waals surface area (Å²) in [5, 5.41) is 6.90. The van der Waals surface area contributed by atoms with E-state index in [1.807, 2.05) is 19.1 Å². The van der Waals surface area contributed by atoms with Crippen molar-refractivity contribution >= 4 is 63.6 Å². The second-order valence-electron chi connectivity index (χ2n) is 14.0. The van der Waals surface area contributed by atoms with Crippen molar-refractivity contribution in [3.8, 4) is 23.7 Å². The summed E-state index contributed by atoms with van der Waals surface area (Å²) >= 11 is 1.29. The zero-order valence-electron chi connectivity index (χ0n) is 31.0. The minimum atomic E-state index is -3.72. The SMILES string of the molecule is CCC(C#Cc1c2cc3ccccc3cc2c(C#CC(CC)(OC)C(C)C)c2cc3sc(S(=O)(=O)c4ccc(C)cc4)cc3cc12)(OC)C(C)C. The maximum absolute atomic E-state index is 13.9. The van der Waals surface area contributed by atoms with Gasteiger partial charge in [-0.3, -0.25) is 0 Å². The molecule has 0 bridgehead atoms. The zero-order chi connectivity index (χ0) is 36.7. The van der Waals surface area contributed by atoms with Crippen LogP contribution in [0.1, 0.15) is 71.1 Å². The van der Waals surface area contributed by atoms with Gasteiger partial charge in [-0.1, -0.05) is 107 Å². The molecule has 0 radical (unpaired) electrons. The summed E-state index contributed by atoms with van der Waals surface area (Å²) in [5.74, 6) is 14.7. The highest BCUT2D eigenvalue weighted by atomic mass is 32.2. The van der Waals surface area contributed by atoms with Crippen LogP contribution in [0.5, 0.6) is 0 Å². The van der Waals surface area contributed by atoms with Crippen molar-refractivity contribution in [2.45, 2.75) is 81.6 Å². The van der Waals surface area contributed by atoms with E-state index in [1.165, 1.54) is 11.3 Å². The number of hydrogen-bond donors (Lipinski definition) is 0. The van der Waals surface area contributed by atoms with E-state index in [2.05, 4.69) is 114 Å². The van der Waals surface area contributed by atoms with Crippen LogP contribution in [0.15, 0.2) is 88.0 Å². The molecule has 51 heavy (non-hydrogen) atoms. The minimum absolute atomic E-state index is 0.161. The van der Waals surface area contributed by atoms with Crippen molar-refractivity contribution in [1.82, 2.24) is 0 Å². The Morgan fingerprint density at radius 3 is 1.55 bits per heavy atom. The molecule has 1 heterocycles. The smallest absolute Gasteiger partial charge is 0.215 e. The van der Waals surface area contributed by atoms with Gasteiger partial charge in [-0.15, -0.1) is 11.3 Å². The maximum Gasteiger partial charge on any atom is 0.215 e. The van der Waals surface area contributed by atoms with E-state index in [0.717, 1.165) is 71.9 Å². The summed E-state index contributed by atoms with van der Waals surface area (Å²) in [6.45, 7) is 14.7. The molecule has 0 N–H and O–H groups in total. The Morgan fingerprint density at radius 2 is 1.12 bits per heavy atom. The first-order valence-electron chi connectivity index (χ1n) is 17.7. The average molecular weight is 715 g/mol. The lowest BCUT2D eigenvalue weighted by atomic mass is 9.85. The molecule has 2 unspecified atom stereocenters. The van der Waals surface area contributed by atoms with Crippen LogP contribution in [0.25, 0.3) is 42.4 Å². The Hall–Kier alpha value is -4.17. The molecule has 0 spiro atoms. The number of thiophene rings is 1. The molecule has 0 amide bonds. The van der Waals surface area contributed by atoms with E-state index >= 15 is 0 Å². The van der Waals surface area contributed by atoms with E-state index in [0.29, 0.717) is 4.21 Å². The van der Waals surface area contributed by atoms with E-state index in [9.17, 15) is 8.42 Å². The normalized spacial score (nSPS) is 14.4. The quantitative estimate of drug-likeness (QED) is 0.116. The van der Waals surface area contributed by atoms with Gasteiger partial charge >= 0.3 is 0 Å². The number of hydrogen-bond acceptors (Lipinski definition) is 5. The molecule has 0 saturated carbocycles. The second kappa shape index (κ2) is 14.1. The molecular formula is C45H46O4S2. The Morgan fingerprint density at radius 1 is 0.667 bits per heavy atom. The third kappa shape index (κ3) is 6.45. The monoisotopic (exact) mass is 714 g/mol. The van der Waals surface area contributed by atoms with Crippen molar-refractivity contribution < 1.29 is 17.9 Å². The fourth-order valence-corrected chi connectivity index (χ4v) is 9.96. The van der Waals surface area contributed by atoms with Crippen molar-refractivity contribution in [3.05, 3.63) is 95.6 Å². The van der Waals surface area contributed by atoms with Gasteiger partial charge in [-0.05, 0) is 106 Å². The molecule has 6 rings (SSSR count). The van der Waals surface area contributed by atoms with E-state index in [4.69, 9.17) is 9.47 Å². The number of methoxy groups -OCH3 is 2. The molecule has 4 nitrogen and oxygen atoms in total. The molecule has 0 fully saturated rings. The second-order valence-corrected chi connectivity index (χ2v) is 17.3. The van der Waals surface area contributed by atoms with Gasteiger partial charge in [0.15, 0.2) is 0 Å². The third-order valence-corrected chi connectivity index (χ3v) is 14.0. The summed E-state index contributed by atoms with van der Waals surface area (Å²) < 4.78 is 41.2. The number of benzene rings is 5. The summed E-state index contributed by atoms with van der Waals surface area (Å²) in [6, 6.07) is 25.8. The minimum Gasteiger partial charge on any atom is -0.365 e. The summed E-state index contributed by atoms with van der Waals surface area (Å²) in [5.41, 5.74) is 1.50. The number of rotatable bonds is 8. The molecule has 6 aromatic rings. The number of fused-ring (bicyclic) bond motifs is 4. The Balaban J connectivity index is 1.77. The van der Waals surface area contributed by atoms with Crippen molar-refractivity contribution in [2.75, 3.05) is 14.2 Å². The lowest BCUT2D eigenvalue weighted by molar-refractivity contribution is -0.000447. The van der Waals surface area contributed by atoms with Crippen LogP contribution in [0, 0.1) is 42.4 Å². The molecule has 6 heteroatoms. The lowest BCUT2D eigenvalue weighted by Crippen LogP contribution is -2.35. The van der Waals surface area contributed by atoms with Gasteiger partial charge in [-0.25, -0.2) is 8.42 Å². The fraction of sp³-hybridized carbons (Fsp3) is 0.333. The largest absolute Gasteiger partial charge is 0.365 e. The fourth-order valence-electron chi connectivity index (χ4n) is 7.14. The number of sulfone groups is 1. The van der Waals surface area contributed by atoms with Gasteiger partial charge in [-0.2, -0.15) is 0 Å². The van der Waals surface area contributed by atoms with Crippen molar-refractivity contribution in [1.29, 1.82) is 0 Å².